The third kappa shape index (κ3) is 13.7. The van der Waals surface area contributed by atoms with E-state index >= 15 is 0 Å². The molecule has 0 radical (unpaired) electrons. The highest BCUT2D eigenvalue weighted by Crippen LogP contribution is 2.30. The number of rotatable bonds is 6. The summed E-state index contributed by atoms with van der Waals surface area (Å²) in [6.45, 7) is 3.08. The van der Waals surface area contributed by atoms with E-state index in [0.29, 0.717) is 17.0 Å². The highest BCUT2D eigenvalue weighted by molar-refractivity contribution is 6.16. The second kappa shape index (κ2) is 19.4. The topological polar surface area (TPSA) is 222 Å². The van der Waals surface area contributed by atoms with Gasteiger partial charge in [0.05, 0.1) is 17.3 Å². The molecule has 0 aliphatic carbocycles. The summed E-state index contributed by atoms with van der Waals surface area (Å²) in [7, 11) is 0. The Balaban J connectivity index is 0.000000217. The van der Waals surface area contributed by atoms with Gasteiger partial charge < -0.3 is 16.3 Å². The Labute approximate surface area is 320 Å². The van der Waals surface area contributed by atoms with E-state index < -0.39 is 35.6 Å². The summed E-state index contributed by atoms with van der Waals surface area (Å²) in [5.74, 6) is -0.0362. The second-order valence-electron chi connectivity index (χ2n) is 11.2. The quantitative estimate of drug-likeness (QED) is 0.123. The lowest BCUT2D eigenvalue weighted by molar-refractivity contribution is -0.142. The first-order valence-electron chi connectivity index (χ1n) is 15.6. The lowest BCUT2D eigenvalue weighted by Crippen LogP contribution is -2.10. The molecule has 0 spiro atoms. The van der Waals surface area contributed by atoms with Gasteiger partial charge in [-0.25, -0.2) is 29.2 Å². The van der Waals surface area contributed by atoms with Gasteiger partial charge in [-0.05, 0) is 77.3 Å². The van der Waals surface area contributed by atoms with Crippen molar-refractivity contribution < 1.29 is 53.6 Å². The number of aryl methyl sites for hydroxylation is 2. The summed E-state index contributed by atoms with van der Waals surface area (Å²) >= 11 is 5.32. The van der Waals surface area contributed by atoms with E-state index in [0.717, 1.165) is 18.2 Å². The van der Waals surface area contributed by atoms with Crippen molar-refractivity contribution in [3.63, 3.8) is 0 Å². The molecule has 0 bridgehead atoms. The van der Waals surface area contributed by atoms with Gasteiger partial charge in [0.25, 0.3) is 0 Å². The molecule has 57 heavy (non-hydrogen) atoms. The Morgan fingerprint density at radius 2 is 1.23 bits per heavy atom. The maximum atomic E-state index is 12.7. The number of ketones is 1. The van der Waals surface area contributed by atoms with Crippen molar-refractivity contribution in [2.75, 3.05) is 11.5 Å². The minimum Gasteiger partial charge on any atom is -0.396 e. The first kappa shape index (κ1) is 45.0. The van der Waals surface area contributed by atoms with Gasteiger partial charge in [0.15, 0.2) is 5.52 Å². The van der Waals surface area contributed by atoms with Crippen molar-refractivity contribution in [1.82, 2.24) is 40.6 Å². The van der Waals surface area contributed by atoms with Crippen LogP contribution in [0.15, 0.2) is 63.9 Å². The predicted octanol–water partition coefficient (Wildman–Crippen LogP) is 7.50. The maximum Gasteiger partial charge on any atom is 0.433 e. The van der Waals surface area contributed by atoms with E-state index in [-0.39, 0.29) is 70.7 Å². The van der Waals surface area contributed by atoms with Crippen LogP contribution in [-0.4, -0.2) is 46.3 Å². The van der Waals surface area contributed by atoms with Crippen molar-refractivity contribution in [2.24, 2.45) is 0 Å². The zero-order valence-corrected chi connectivity index (χ0v) is 30.0. The van der Waals surface area contributed by atoms with Gasteiger partial charge >= 0.3 is 18.5 Å². The number of anilines is 2. The smallest absolute Gasteiger partial charge is 0.396 e. The van der Waals surface area contributed by atoms with Crippen LogP contribution in [0, 0.1) is 18.3 Å². The molecule has 0 saturated carbocycles. The van der Waals surface area contributed by atoms with E-state index in [9.17, 15) is 44.3 Å². The van der Waals surface area contributed by atoms with Crippen LogP contribution >= 0.6 is 11.6 Å². The van der Waals surface area contributed by atoms with Gasteiger partial charge in [0, 0.05) is 35.5 Å². The summed E-state index contributed by atoms with van der Waals surface area (Å²) in [4.78, 5) is 25.2. The number of nitriles is 1. The fourth-order valence-electron chi connectivity index (χ4n) is 4.20. The van der Waals surface area contributed by atoms with Crippen LogP contribution in [0.25, 0.3) is 11.2 Å². The van der Waals surface area contributed by atoms with E-state index in [1.165, 1.54) is 43.3 Å². The van der Waals surface area contributed by atoms with Gasteiger partial charge in [0.1, 0.15) is 28.9 Å². The molecular weight excluding hydrogens is 805 g/mol. The second-order valence-corrected chi connectivity index (χ2v) is 11.5. The SMILES string of the molecule is CC(=O)CCc1cccc(C(F)(F)F)n1.Cc1nc2nonc2c(N)c1Cc1cccc(C(F)(F)F)n1.FC(F)(F)c1cccc(CCl)n1.N#Cc1nonc1N. The number of nitrogens with zero attached hydrogens (tertiary/aromatic N) is 9. The molecule has 302 valence electrons. The molecule has 0 unspecified atom stereocenters. The lowest BCUT2D eigenvalue weighted by atomic mass is 10.0. The van der Waals surface area contributed by atoms with Gasteiger partial charge in [-0.3, -0.25) is 0 Å². The molecule has 0 amide bonds. The first-order valence-corrected chi connectivity index (χ1v) is 16.2. The van der Waals surface area contributed by atoms with Gasteiger partial charge in [0.2, 0.25) is 17.2 Å². The summed E-state index contributed by atoms with van der Waals surface area (Å²) in [5.41, 5.74) is 11.0. The van der Waals surface area contributed by atoms with Crippen LogP contribution < -0.4 is 11.5 Å². The van der Waals surface area contributed by atoms with Crippen LogP contribution in [0.4, 0.5) is 51.0 Å². The molecule has 24 heteroatoms. The van der Waals surface area contributed by atoms with Crippen LogP contribution in [0.3, 0.4) is 0 Å². The van der Waals surface area contributed by atoms with E-state index in [1.54, 1.807) is 13.0 Å². The van der Waals surface area contributed by atoms with Crippen molar-refractivity contribution >= 4 is 40.1 Å². The molecule has 0 aliphatic rings. The number of aromatic nitrogens is 8. The molecule has 6 rings (SSSR count). The van der Waals surface area contributed by atoms with Crippen molar-refractivity contribution in [3.05, 3.63) is 106 Å². The van der Waals surface area contributed by atoms with Gasteiger partial charge in [-0.2, -0.15) is 44.8 Å². The number of carbonyl (C=O) groups is 1. The largest absolute Gasteiger partial charge is 0.433 e. The van der Waals surface area contributed by atoms with Crippen molar-refractivity contribution in [1.29, 1.82) is 5.26 Å². The molecule has 0 aliphatic heterocycles. The number of hydrogen-bond donors (Lipinski definition) is 2. The average molecular weight is 832 g/mol. The van der Waals surface area contributed by atoms with E-state index in [4.69, 9.17) is 28.3 Å². The Morgan fingerprint density at radius 1 is 0.737 bits per heavy atom. The molecule has 0 aromatic carbocycles. The number of alkyl halides is 10. The van der Waals surface area contributed by atoms with Gasteiger partial charge in [-0.15, -0.1) is 11.6 Å². The highest BCUT2D eigenvalue weighted by Gasteiger charge is 2.34. The van der Waals surface area contributed by atoms with Gasteiger partial charge in [-0.1, -0.05) is 18.2 Å². The molecule has 6 aromatic heterocycles. The van der Waals surface area contributed by atoms with Crippen LogP contribution in [-0.2, 0) is 42.0 Å². The monoisotopic (exact) mass is 831 g/mol. The Kier molecular flexibility index (Phi) is 15.3. The number of Topliss-reactive ketones (excluding diaryl/α,β-unsaturated/α-hetero) is 1. The zero-order chi connectivity index (χ0) is 42.6. The standard InChI is InChI=1S/C13H10F3N5O.C10H10F3NO.C7H5ClF3N.C3H2N4O/c1-6-8(10(17)11-12(18-6)21-22-20-11)5-7-3-2-4-9(19-7)13(14,15)16;1-7(15)5-6-8-3-2-4-9(14-8)10(11,12)13;8-4-5-2-1-3-6(12-5)7(9,10)11;4-1-2-3(5)7-8-6-2/h2-4H,5,17H2,1H3;2-4H,5-6H2,1H3;1-3H,4H2;(H2,5,7). The lowest BCUT2D eigenvalue weighted by Gasteiger charge is -2.10. The van der Waals surface area contributed by atoms with E-state index in [1.807, 2.05) is 0 Å². The third-order valence-electron chi connectivity index (χ3n) is 6.90. The Bertz CT molecular complexity index is 2310. The highest BCUT2D eigenvalue weighted by atomic mass is 35.5. The number of hydrogen-bond acceptors (Lipinski definition) is 14. The fraction of sp³-hybridized carbons (Fsp3) is 0.273. The molecule has 6 aromatic rings. The van der Waals surface area contributed by atoms with Crippen LogP contribution in [0.1, 0.15) is 64.5 Å². The molecule has 14 nitrogen and oxygen atoms in total. The summed E-state index contributed by atoms with van der Waals surface area (Å²) in [6, 6.07) is 12.7. The molecule has 0 atom stereocenters. The number of pyridine rings is 4. The summed E-state index contributed by atoms with van der Waals surface area (Å²) in [5, 5.41) is 21.7. The molecule has 6 heterocycles. The summed E-state index contributed by atoms with van der Waals surface area (Å²) < 4.78 is 119. The molecule has 4 N–H and O–H groups in total. The van der Waals surface area contributed by atoms with Crippen LogP contribution in [0.5, 0.6) is 0 Å². The third-order valence-corrected chi connectivity index (χ3v) is 7.18. The average Bonchev–Trinajstić information content (AvgIpc) is 3.81. The minimum absolute atomic E-state index is 0.0100. The Hall–Kier alpha value is -6.44. The number of carbonyl (C=O) groups excluding carboxylic acids is 1. The first-order chi connectivity index (χ1) is 26.6. The number of nitrogens with two attached hydrogens (primary N) is 2. The van der Waals surface area contributed by atoms with Crippen molar-refractivity contribution in [2.45, 2.75) is 57.5 Å². The zero-order valence-electron chi connectivity index (χ0n) is 29.2. The molecule has 0 saturated heterocycles. The van der Waals surface area contributed by atoms with Crippen LogP contribution in [0.2, 0.25) is 0 Å². The number of nitrogen functional groups attached to an aromatic ring is 2. The summed E-state index contributed by atoms with van der Waals surface area (Å²) in [6.07, 6.45) is -12.7. The van der Waals surface area contributed by atoms with E-state index in [2.05, 4.69) is 49.8 Å². The fourth-order valence-corrected chi connectivity index (χ4v) is 4.35. The molecule has 0 fully saturated rings. The number of halogens is 10. The predicted molar refractivity (Wildman–Crippen MR) is 181 cm³/mol. The normalized spacial score (nSPS) is 11.3. The number of fused-ring (bicyclic) bond motifs is 1. The maximum absolute atomic E-state index is 12.7. The molecular formula is C33H27ClF9N11O3. The Morgan fingerprint density at radius 3 is 1.68 bits per heavy atom. The minimum atomic E-state index is -4.49. The van der Waals surface area contributed by atoms with Crippen molar-refractivity contribution in [3.8, 4) is 6.07 Å².